The Morgan fingerprint density at radius 3 is 2.89 bits per heavy atom. The second kappa shape index (κ2) is 6.60. The number of H-pyrrole nitrogens is 1. The number of imidazole rings is 1. The zero-order valence-corrected chi connectivity index (χ0v) is 14.6. The number of hydrogen-bond donors (Lipinski definition) is 1. The van der Waals surface area contributed by atoms with E-state index in [1.807, 2.05) is 0 Å². The lowest BCUT2D eigenvalue weighted by molar-refractivity contribution is 0.179. The van der Waals surface area contributed by atoms with Crippen molar-refractivity contribution in [2.24, 2.45) is 0 Å². The predicted octanol–water partition coefficient (Wildman–Crippen LogP) is 3.45. The number of methoxy groups -OCH3 is 1. The molecule has 10 heteroatoms. The van der Waals surface area contributed by atoms with Crippen LogP contribution >= 0.6 is 11.6 Å². The quantitative estimate of drug-likeness (QED) is 0.575. The van der Waals surface area contributed by atoms with Gasteiger partial charge in [-0.15, -0.1) is 0 Å². The van der Waals surface area contributed by atoms with Crippen molar-refractivity contribution in [3.8, 4) is 17.1 Å². The summed E-state index contributed by atoms with van der Waals surface area (Å²) in [6.07, 6.45) is 0. The Morgan fingerprint density at radius 2 is 2.15 bits per heavy atom. The second-order valence-corrected chi connectivity index (χ2v) is 6.08. The van der Waals surface area contributed by atoms with Gasteiger partial charge < -0.3 is 9.72 Å². The van der Waals surface area contributed by atoms with Gasteiger partial charge in [-0.2, -0.15) is 0 Å². The smallest absolute Gasteiger partial charge is 0.377 e. The zero-order valence-electron chi connectivity index (χ0n) is 13.8. The molecule has 0 aliphatic heterocycles. The molecule has 2 aromatic carbocycles. The van der Waals surface area contributed by atoms with E-state index in [1.54, 1.807) is 18.2 Å². The molecule has 0 saturated heterocycles. The van der Waals surface area contributed by atoms with Gasteiger partial charge in [0.15, 0.2) is 17.5 Å². The van der Waals surface area contributed by atoms with Crippen molar-refractivity contribution in [2.75, 3.05) is 7.11 Å². The number of nitrogens with zero attached hydrogens (tertiary/aromatic N) is 3. The first-order valence-corrected chi connectivity index (χ1v) is 8.08. The number of aromatic nitrogens is 4. The Hall–Kier alpha value is -3.04. The lowest BCUT2D eigenvalue weighted by Crippen LogP contribution is -2.13. The Labute approximate surface area is 155 Å². The number of nitrogens with one attached hydrogen (secondary N) is 1. The largest absolute Gasteiger partial charge is 0.446 e. The Morgan fingerprint density at radius 1 is 1.33 bits per heavy atom. The van der Waals surface area contributed by atoms with E-state index >= 15 is 0 Å². The molecule has 0 amide bonds. The highest BCUT2D eigenvalue weighted by molar-refractivity contribution is 6.30. The third-order valence-corrected chi connectivity index (χ3v) is 4.14. The van der Waals surface area contributed by atoms with Crippen molar-refractivity contribution in [3.05, 3.63) is 63.4 Å². The number of fused-ring (bicyclic) bond motifs is 1. The van der Waals surface area contributed by atoms with Crippen LogP contribution < -0.4 is 5.76 Å². The normalized spacial score (nSPS) is 11.4. The first-order chi connectivity index (χ1) is 13.0. The third-order valence-electron chi connectivity index (χ3n) is 3.90. The topological polar surface area (TPSA) is 85.9 Å². The fraction of sp³-hybridized carbons (Fsp3) is 0.118. The molecule has 0 spiro atoms. The average molecular weight is 393 g/mol. The van der Waals surface area contributed by atoms with E-state index in [1.165, 1.54) is 13.2 Å². The maximum absolute atomic E-state index is 14.2. The van der Waals surface area contributed by atoms with Gasteiger partial charge in [-0.3, -0.25) is 4.52 Å². The van der Waals surface area contributed by atoms with Crippen LogP contribution in [0.5, 0.6) is 0 Å². The summed E-state index contributed by atoms with van der Waals surface area (Å²) in [6.45, 7) is 0.0646. The van der Waals surface area contributed by atoms with E-state index in [-0.39, 0.29) is 29.0 Å². The summed E-state index contributed by atoms with van der Waals surface area (Å²) < 4.78 is 39.2. The lowest BCUT2D eigenvalue weighted by atomic mass is 10.1. The van der Waals surface area contributed by atoms with Crippen LogP contribution in [0.4, 0.5) is 8.78 Å². The molecule has 4 rings (SSSR count). The van der Waals surface area contributed by atoms with E-state index < -0.39 is 17.4 Å². The Balaban J connectivity index is 2.01. The molecule has 2 aromatic heterocycles. The van der Waals surface area contributed by atoms with Crippen LogP contribution in [0.1, 0.15) is 5.82 Å². The van der Waals surface area contributed by atoms with Crippen LogP contribution in [0.15, 0.2) is 39.6 Å². The minimum absolute atomic E-state index is 0.0289. The van der Waals surface area contributed by atoms with Crippen molar-refractivity contribution in [1.29, 1.82) is 0 Å². The fourth-order valence-corrected chi connectivity index (χ4v) is 2.98. The van der Waals surface area contributed by atoms with E-state index in [9.17, 15) is 13.6 Å². The highest BCUT2D eigenvalue weighted by atomic mass is 35.5. The van der Waals surface area contributed by atoms with Crippen LogP contribution in [0.3, 0.4) is 0 Å². The van der Waals surface area contributed by atoms with Gasteiger partial charge in [0.25, 0.3) is 0 Å². The van der Waals surface area contributed by atoms with E-state index in [4.69, 9.17) is 20.9 Å². The highest BCUT2D eigenvalue weighted by Crippen LogP contribution is 2.31. The zero-order chi connectivity index (χ0) is 19.1. The van der Waals surface area contributed by atoms with Crippen LogP contribution in [-0.4, -0.2) is 26.8 Å². The van der Waals surface area contributed by atoms with Gasteiger partial charge in [0.1, 0.15) is 17.9 Å². The van der Waals surface area contributed by atoms with Crippen molar-refractivity contribution in [3.63, 3.8) is 0 Å². The Bertz CT molecular complexity index is 1210. The van der Waals surface area contributed by atoms with Crippen LogP contribution in [0.2, 0.25) is 5.02 Å². The molecule has 0 fully saturated rings. The Kier molecular flexibility index (Phi) is 4.25. The van der Waals surface area contributed by atoms with Crippen molar-refractivity contribution < 1.29 is 18.0 Å². The van der Waals surface area contributed by atoms with Crippen molar-refractivity contribution >= 4 is 22.6 Å². The van der Waals surface area contributed by atoms with Crippen molar-refractivity contribution in [1.82, 2.24) is 19.7 Å². The fourth-order valence-electron chi connectivity index (χ4n) is 2.80. The molecule has 0 unspecified atom stereocenters. The van der Waals surface area contributed by atoms with Crippen LogP contribution in [0, 0.1) is 11.6 Å². The summed E-state index contributed by atoms with van der Waals surface area (Å²) in [7, 11) is 1.44. The maximum Gasteiger partial charge on any atom is 0.446 e. The summed E-state index contributed by atoms with van der Waals surface area (Å²) in [5.41, 5.74) is 0.387. The molecular formula is C17H11ClF2N4O3. The van der Waals surface area contributed by atoms with Crippen LogP contribution in [-0.2, 0) is 11.3 Å². The number of ether oxygens (including phenoxy) is 1. The highest BCUT2D eigenvalue weighted by Gasteiger charge is 2.23. The van der Waals surface area contributed by atoms with Gasteiger partial charge in [0, 0.05) is 12.1 Å². The monoisotopic (exact) mass is 392 g/mol. The van der Waals surface area contributed by atoms with Crippen LogP contribution in [0.25, 0.3) is 28.1 Å². The molecule has 7 nitrogen and oxygen atoms in total. The van der Waals surface area contributed by atoms with Gasteiger partial charge in [0.05, 0.1) is 16.8 Å². The molecule has 4 aromatic rings. The number of rotatable bonds is 4. The lowest BCUT2D eigenvalue weighted by Gasteiger charge is -2.06. The maximum atomic E-state index is 14.2. The van der Waals surface area contributed by atoms with Gasteiger partial charge in [-0.05, 0) is 24.3 Å². The summed E-state index contributed by atoms with van der Waals surface area (Å²) >= 11 is 5.99. The summed E-state index contributed by atoms with van der Waals surface area (Å²) in [5, 5.41) is 4.11. The van der Waals surface area contributed by atoms with Gasteiger partial charge in [-0.1, -0.05) is 22.8 Å². The number of halogens is 3. The predicted molar refractivity (Wildman–Crippen MR) is 92.8 cm³/mol. The molecule has 2 heterocycles. The molecule has 0 aliphatic carbocycles. The molecule has 27 heavy (non-hydrogen) atoms. The summed E-state index contributed by atoms with van der Waals surface area (Å²) in [6, 6.07) is 7.31. The summed E-state index contributed by atoms with van der Waals surface area (Å²) in [5.74, 6) is -2.80. The SMILES string of the molecule is COCc1nc2c(F)c(F)cc(-c3noc(=O)n3-c3cccc(Cl)c3)c2[nH]1. The molecule has 0 bridgehead atoms. The van der Waals surface area contributed by atoms with E-state index in [0.29, 0.717) is 16.5 Å². The second-order valence-electron chi connectivity index (χ2n) is 5.65. The first-order valence-electron chi connectivity index (χ1n) is 7.70. The van der Waals surface area contributed by atoms with Crippen molar-refractivity contribution in [2.45, 2.75) is 6.61 Å². The van der Waals surface area contributed by atoms with E-state index in [2.05, 4.69) is 15.1 Å². The molecule has 138 valence electrons. The average Bonchev–Trinajstić information content (AvgIpc) is 3.22. The number of benzene rings is 2. The van der Waals surface area contributed by atoms with E-state index in [0.717, 1.165) is 10.6 Å². The molecule has 0 radical (unpaired) electrons. The summed E-state index contributed by atoms with van der Waals surface area (Å²) in [4.78, 5) is 19.1. The van der Waals surface area contributed by atoms with Gasteiger partial charge >= 0.3 is 5.76 Å². The molecule has 1 N–H and O–H groups in total. The standard InChI is InChI=1S/C17H11ClF2N4O3/c1-26-7-12-21-14-10(6-11(19)13(20)15(14)22-12)16-23-27-17(25)24(16)9-4-2-3-8(18)5-9/h2-6H,7H2,1H3,(H,21,22). The minimum atomic E-state index is -1.14. The number of aromatic amines is 1. The molecular weight excluding hydrogens is 382 g/mol. The minimum Gasteiger partial charge on any atom is -0.377 e. The van der Waals surface area contributed by atoms with Gasteiger partial charge in [0.2, 0.25) is 0 Å². The van der Waals surface area contributed by atoms with Gasteiger partial charge in [-0.25, -0.2) is 23.1 Å². The molecule has 0 atom stereocenters. The molecule has 0 aliphatic rings. The molecule has 0 saturated carbocycles. The first kappa shape index (κ1) is 17.4. The third kappa shape index (κ3) is 2.90. The number of hydrogen-bond acceptors (Lipinski definition) is 5.